The zero-order chi connectivity index (χ0) is 15.0. The topological polar surface area (TPSA) is 38.3 Å². The number of methoxy groups -OCH3 is 1. The smallest absolute Gasteiger partial charge is 0.228 e. The summed E-state index contributed by atoms with van der Waals surface area (Å²) in [7, 11) is 1.52. The summed E-state index contributed by atoms with van der Waals surface area (Å²) in [5.74, 6) is 0.147. The summed E-state index contributed by atoms with van der Waals surface area (Å²) >= 11 is 3.53. The first kappa shape index (κ1) is 14.1. The van der Waals surface area contributed by atoms with Gasteiger partial charge < -0.3 is 10.1 Å². The Morgan fingerprint density at radius 2 is 2.14 bits per heavy atom. The van der Waals surface area contributed by atoms with E-state index in [4.69, 9.17) is 4.74 Å². The lowest BCUT2D eigenvalue weighted by molar-refractivity contribution is -0.115. The minimum atomic E-state index is -0.338. The van der Waals surface area contributed by atoms with Crippen molar-refractivity contribution in [3.63, 3.8) is 0 Å². The average molecular weight is 350 g/mol. The number of rotatable bonds is 3. The molecular formula is C16H13BrFNO2. The number of hydrogen-bond donors (Lipinski definition) is 1. The van der Waals surface area contributed by atoms with Crippen molar-refractivity contribution in [1.82, 2.24) is 0 Å². The van der Waals surface area contributed by atoms with Crippen LogP contribution >= 0.6 is 15.9 Å². The normalized spacial score (nSPS) is 14.5. The maximum Gasteiger partial charge on any atom is 0.228 e. The predicted octanol–water partition coefficient (Wildman–Crippen LogP) is 3.81. The molecule has 1 aliphatic rings. The van der Waals surface area contributed by atoms with Crippen LogP contribution in [0.3, 0.4) is 0 Å². The fourth-order valence-electron chi connectivity index (χ4n) is 2.51. The second-order valence-electron chi connectivity index (χ2n) is 4.86. The molecule has 0 saturated carbocycles. The second-order valence-corrected chi connectivity index (χ2v) is 5.78. The number of carbonyl (C=O) groups is 1. The third-order valence-electron chi connectivity index (χ3n) is 3.53. The van der Waals surface area contributed by atoms with Crippen LogP contribution in [-0.4, -0.2) is 13.0 Å². The summed E-state index contributed by atoms with van der Waals surface area (Å²) in [5, 5.41) is 2.78. The van der Waals surface area contributed by atoms with Gasteiger partial charge in [0.2, 0.25) is 5.91 Å². The summed E-state index contributed by atoms with van der Waals surface area (Å²) in [4.78, 5) is 11.1. The Labute approximate surface area is 130 Å². The van der Waals surface area contributed by atoms with Crippen LogP contribution in [0.15, 0.2) is 36.4 Å². The van der Waals surface area contributed by atoms with Gasteiger partial charge in [-0.15, -0.1) is 0 Å². The van der Waals surface area contributed by atoms with Crippen LogP contribution in [-0.2, 0) is 11.2 Å². The number of ether oxygens (including phenoxy) is 1. The Kier molecular flexibility index (Phi) is 3.68. The highest BCUT2D eigenvalue weighted by Crippen LogP contribution is 2.39. The van der Waals surface area contributed by atoms with E-state index in [0.717, 1.165) is 16.8 Å². The molecule has 21 heavy (non-hydrogen) atoms. The SMILES string of the molecule is COc1cccc(F)c1C(Br)c1ccc2c(c1)CC(=O)N2. The van der Waals surface area contributed by atoms with E-state index in [1.165, 1.54) is 13.2 Å². The highest BCUT2D eigenvalue weighted by atomic mass is 79.9. The summed E-state index contributed by atoms with van der Waals surface area (Å²) in [6.45, 7) is 0. The van der Waals surface area contributed by atoms with Crippen LogP contribution in [0.4, 0.5) is 10.1 Å². The molecular weight excluding hydrogens is 337 g/mol. The van der Waals surface area contributed by atoms with E-state index in [2.05, 4.69) is 21.2 Å². The van der Waals surface area contributed by atoms with Gasteiger partial charge in [0.1, 0.15) is 11.6 Å². The highest BCUT2D eigenvalue weighted by molar-refractivity contribution is 9.09. The van der Waals surface area contributed by atoms with Gasteiger partial charge in [-0.1, -0.05) is 34.1 Å². The molecule has 0 bridgehead atoms. The molecule has 1 amide bonds. The van der Waals surface area contributed by atoms with Gasteiger partial charge in [-0.25, -0.2) is 4.39 Å². The van der Waals surface area contributed by atoms with Gasteiger partial charge in [0, 0.05) is 11.3 Å². The molecule has 0 radical (unpaired) electrons. The lowest BCUT2D eigenvalue weighted by atomic mass is 10.0. The molecule has 3 nitrogen and oxygen atoms in total. The number of hydrogen-bond acceptors (Lipinski definition) is 2. The van der Waals surface area contributed by atoms with Crippen molar-refractivity contribution < 1.29 is 13.9 Å². The van der Waals surface area contributed by atoms with E-state index in [1.54, 1.807) is 12.1 Å². The number of carbonyl (C=O) groups excluding carboxylic acids is 1. The summed E-state index contributed by atoms with van der Waals surface area (Å²) in [6, 6.07) is 10.4. The number of nitrogens with one attached hydrogen (secondary N) is 1. The van der Waals surface area contributed by atoms with Crippen LogP contribution in [0.5, 0.6) is 5.75 Å². The fraction of sp³-hybridized carbons (Fsp3) is 0.188. The number of anilines is 1. The average Bonchev–Trinajstić information content (AvgIpc) is 2.85. The van der Waals surface area contributed by atoms with Crippen molar-refractivity contribution in [3.05, 3.63) is 58.9 Å². The molecule has 1 heterocycles. The van der Waals surface area contributed by atoms with Gasteiger partial charge in [-0.3, -0.25) is 4.79 Å². The van der Waals surface area contributed by atoms with E-state index in [9.17, 15) is 9.18 Å². The van der Waals surface area contributed by atoms with Crippen molar-refractivity contribution in [3.8, 4) is 5.75 Å². The molecule has 0 spiro atoms. The first-order valence-electron chi connectivity index (χ1n) is 6.49. The van der Waals surface area contributed by atoms with E-state index < -0.39 is 0 Å². The van der Waals surface area contributed by atoms with Crippen LogP contribution in [0.25, 0.3) is 0 Å². The lowest BCUT2D eigenvalue weighted by Gasteiger charge is -2.16. The maximum absolute atomic E-state index is 14.1. The quantitative estimate of drug-likeness (QED) is 0.855. The number of benzene rings is 2. The summed E-state index contributed by atoms with van der Waals surface area (Å²) < 4.78 is 19.4. The van der Waals surface area contributed by atoms with Crippen LogP contribution in [0.2, 0.25) is 0 Å². The fourth-order valence-corrected chi connectivity index (χ4v) is 3.24. The molecule has 0 saturated heterocycles. The Morgan fingerprint density at radius 3 is 2.90 bits per heavy atom. The van der Waals surface area contributed by atoms with Crippen molar-refractivity contribution in [1.29, 1.82) is 0 Å². The van der Waals surface area contributed by atoms with E-state index >= 15 is 0 Å². The van der Waals surface area contributed by atoms with Crippen molar-refractivity contribution in [2.45, 2.75) is 11.2 Å². The van der Waals surface area contributed by atoms with E-state index in [0.29, 0.717) is 17.7 Å². The number of fused-ring (bicyclic) bond motifs is 1. The molecule has 1 atom stereocenters. The van der Waals surface area contributed by atoms with Gasteiger partial charge in [0.25, 0.3) is 0 Å². The van der Waals surface area contributed by atoms with Crippen LogP contribution in [0.1, 0.15) is 21.5 Å². The number of halogens is 2. The molecule has 0 fully saturated rings. The van der Waals surface area contributed by atoms with Crippen molar-refractivity contribution >= 4 is 27.5 Å². The Hall–Kier alpha value is -1.88. The molecule has 3 rings (SSSR count). The first-order valence-corrected chi connectivity index (χ1v) is 7.41. The van der Waals surface area contributed by atoms with E-state index in [-0.39, 0.29) is 16.6 Å². The van der Waals surface area contributed by atoms with Crippen molar-refractivity contribution in [2.24, 2.45) is 0 Å². The van der Waals surface area contributed by atoms with Gasteiger partial charge >= 0.3 is 0 Å². The van der Waals surface area contributed by atoms with Crippen LogP contribution in [0, 0.1) is 5.82 Å². The summed E-state index contributed by atoms with van der Waals surface area (Å²) in [6.07, 6.45) is 0.358. The Morgan fingerprint density at radius 1 is 1.33 bits per heavy atom. The summed E-state index contributed by atoms with van der Waals surface area (Å²) in [5.41, 5.74) is 3.09. The monoisotopic (exact) mass is 349 g/mol. The standard InChI is InChI=1S/C16H13BrFNO2/c1-21-13-4-2-3-11(18)15(13)16(17)9-5-6-12-10(7-9)8-14(20)19-12/h2-7,16H,8H2,1H3,(H,19,20). The van der Waals surface area contributed by atoms with Crippen LogP contribution < -0.4 is 10.1 Å². The third kappa shape index (κ3) is 2.53. The van der Waals surface area contributed by atoms with Crippen molar-refractivity contribution in [2.75, 3.05) is 12.4 Å². The largest absolute Gasteiger partial charge is 0.496 e. The molecule has 0 aliphatic carbocycles. The minimum absolute atomic E-state index is 0.0169. The molecule has 0 aromatic heterocycles. The molecule has 1 N–H and O–H groups in total. The molecule has 2 aromatic carbocycles. The Balaban J connectivity index is 2.02. The molecule has 1 aliphatic heterocycles. The van der Waals surface area contributed by atoms with E-state index in [1.807, 2.05) is 18.2 Å². The zero-order valence-corrected chi connectivity index (χ0v) is 12.9. The predicted molar refractivity (Wildman–Crippen MR) is 82.5 cm³/mol. The van der Waals surface area contributed by atoms with Gasteiger partial charge in [0.15, 0.2) is 0 Å². The lowest BCUT2D eigenvalue weighted by Crippen LogP contribution is -2.03. The highest BCUT2D eigenvalue weighted by Gasteiger charge is 2.23. The first-order chi connectivity index (χ1) is 10.1. The second kappa shape index (κ2) is 5.48. The molecule has 2 aromatic rings. The molecule has 108 valence electrons. The molecule has 1 unspecified atom stereocenters. The minimum Gasteiger partial charge on any atom is -0.496 e. The van der Waals surface area contributed by atoms with Gasteiger partial charge in [0.05, 0.1) is 18.4 Å². The number of alkyl halides is 1. The van der Waals surface area contributed by atoms with Gasteiger partial charge in [-0.2, -0.15) is 0 Å². The maximum atomic E-state index is 14.1. The zero-order valence-electron chi connectivity index (χ0n) is 11.3. The number of amides is 1. The Bertz CT molecular complexity index is 717. The van der Waals surface area contributed by atoms with Gasteiger partial charge in [-0.05, 0) is 29.3 Å². The molecule has 5 heteroatoms. The third-order valence-corrected chi connectivity index (χ3v) is 4.52.